The molecule has 1 N–H and O–H groups in total. The normalized spacial score (nSPS) is 19.0. The number of thioether (sulfide) groups is 1. The molecule has 13 nitrogen and oxygen atoms in total. The van der Waals surface area contributed by atoms with Crippen molar-refractivity contribution < 1.29 is 28.5 Å². The number of fused-ring (bicyclic) bond motifs is 1. The zero-order valence-electron chi connectivity index (χ0n) is 34.8. The number of aromatic nitrogens is 2. The first-order valence-corrected chi connectivity index (χ1v) is 24.8. The molecule has 3 aromatic carbocycles. The fourth-order valence-corrected chi connectivity index (χ4v) is 11.3. The van der Waals surface area contributed by atoms with E-state index in [1.54, 1.807) is 37.6 Å². The van der Waals surface area contributed by atoms with Crippen molar-refractivity contribution in [1.82, 2.24) is 30.0 Å². The van der Waals surface area contributed by atoms with E-state index >= 15 is 0 Å². The van der Waals surface area contributed by atoms with Crippen LogP contribution in [0.5, 0.6) is 5.75 Å². The third-order valence-electron chi connectivity index (χ3n) is 12.3. The van der Waals surface area contributed by atoms with Crippen molar-refractivity contribution in [2.75, 3.05) is 70.4 Å². The lowest BCUT2D eigenvalue weighted by molar-refractivity contribution is -0.137. The zero-order valence-corrected chi connectivity index (χ0v) is 37.2. The second-order valence-corrected chi connectivity index (χ2v) is 21.2. The number of carbonyl (C=O) groups excluding carboxylic acids is 4. The molecule has 0 radical (unpaired) electrons. The second-order valence-electron chi connectivity index (χ2n) is 16.6. The number of nitrogens with one attached hydrogen (secondary N) is 1. The van der Waals surface area contributed by atoms with Gasteiger partial charge in [0.2, 0.25) is 17.7 Å². The fourth-order valence-electron chi connectivity index (χ4n) is 8.97. The van der Waals surface area contributed by atoms with Crippen molar-refractivity contribution in [2.24, 2.45) is 0 Å². The summed E-state index contributed by atoms with van der Waals surface area (Å²) >= 11 is 8.03. The summed E-state index contributed by atoms with van der Waals surface area (Å²) in [4.78, 5) is 69.1. The van der Waals surface area contributed by atoms with Crippen molar-refractivity contribution in [3.8, 4) is 5.75 Å². The van der Waals surface area contributed by atoms with Crippen LogP contribution in [-0.2, 0) is 38.3 Å². The Kier molecular flexibility index (Phi) is 12.9. The van der Waals surface area contributed by atoms with Gasteiger partial charge in [-0.2, -0.15) is 0 Å². The minimum atomic E-state index is -2.48. The number of benzene rings is 3. The van der Waals surface area contributed by atoms with Gasteiger partial charge in [0.15, 0.2) is 0 Å². The van der Waals surface area contributed by atoms with Crippen LogP contribution in [0.3, 0.4) is 0 Å². The van der Waals surface area contributed by atoms with E-state index in [0.717, 1.165) is 77.3 Å². The number of amides is 4. The third-order valence-corrected chi connectivity index (χ3v) is 15.2. The van der Waals surface area contributed by atoms with Gasteiger partial charge in [-0.15, -0.1) is 11.8 Å². The number of halogens is 1. The first-order valence-electron chi connectivity index (χ1n) is 20.8. The maximum Gasteiger partial charge on any atom is 0.255 e. The average molecular weight is 884 g/mol. The number of hydrogen-bond donors (Lipinski definition) is 1. The summed E-state index contributed by atoms with van der Waals surface area (Å²) < 4.78 is 18.8. The number of methoxy groups -OCH3 is 1. The number of hydrogen-bond acceptors (Lipinski definition) is 11. The third kappa shape index (κ3) is 9.68. The summed E-state index contributed by atoms with van der Waals surface area (Å²) in [5.74, 6) is 0.910. The van der Waals surface area contributed by atoms with Gasteiger partial charge >= 0.3 is 0 Å². The lowest BCUT2D eigenvalue weighted by Gasteiger charge is -2.43. The standard InChI is InChI=1S/C45H51ClN7O6PS/c1-59-39-25-33(9-8-29(39)24-41-47-26-36(46)37(48-41)23-30-6-4-5-7-40(30)60(2,3)58)50-16-14-32(15-17-50)51-18-20-52(21-19-51)43(55)28-61-34-10-11-35-31(22-34)27-53(45(35)57)38-12-13-42(54)49-44(38)56/h4-11,22,25-26,32,38H,12-21,23-24,27-28H2,1-3H3,(H,49,54,56). The van der Waals surface area contributed by atoms with Crippen LogP contribution in [0, 0.1) is 0 Å². The Morgan fingerprint density at radius 3 is 2.44 bits per heavy atom. The van der Waals surface area contributed by atoms with Crippen molar-refractivity contribution in [3.63, 3.8) is 0 Å². The highest BCUT2D eigenvalue weighted by molar-refractivity contribution is 8.00. The highest BCUT2D eigenvalue weighted by Crippen LogP contribution is 2.37. The molecule has 61 heavy (non-hydrogen) atoms. The number of ether oxygens (including phenoxy) is 1. The van der Waals surface area contributed by atoms with Crippen LogP contribution in [0.15, 0.2) is 71.8 Å². The Labute approximate surface area is 365 Å². The summed E-state index contributed by atoms with van der Waals surface area (Å²) in [5.41, 5.74) is 5.16. The monoisotopic (exact) mass is 883 g/mol. The first kappa shape index (κ1) is 42.9. The van der Waals surface area contributed by atoms with E-state index in [9.17, 15) is 23.7 Å². The molecule has 3 fully saturated rings. The van der Waals surface area contributed by atoms with Crippen LogP contribution in [0.4, 0.5) is 5.69 Å². The maximum absolute atomic E-state index is 13.3. The SMILES string of the molecule is COc1cc(N2CCC(N3CCN(C(=O)CSc4ccc5c(c4)CN(C4CCC(=O)NC4=O)C5=O)CC3)CC2)ccc1Cc1ncc(Cl)c(Cc2ccccc2P(C)(C)=O)n1. The van der Waals surface area contributed by atoms with Gasteiger partial charge in [0.25, 0.3) is 5.91 Å². The van der Waals surface area contributed by atoms with Crippen molar-refractivity contribution in [3.05, 3.63) is 106 Å². The molecule has 3 saturated heterocycles. The molecule has 4 amide bonds. The molecular formula is C45H51ClN7O6PS. The molecule has 16 heteroatoms. The van der Waals surface area contributed by atoms with E-state index in [4.69, 9.17) is 21.3 Å². The van der Waals surface area contributed by atoms with Gasteiger partial charge in [0.1, 0.15) is 24.8 Å². The number of piperidine rings is 2. The summed E-state index contributed by atoms with van der Waals surface area (Å²) in [6.07, 6.45) is 5.20. The molecular weight excluding hydrogens is 833 g/mol. The summed E-state index contributed by atoms with van der Waals surface area (Å²) in [6.45, 7) is 8.81. The Balaban J connectivity index is 0.800. The minimum absolute atomic E-state index is 0.105. The number of carbonyl (C=O) groups is 4. The van der Waals surface area contributed by atoms with Gasteiger partial charge in [0, 0.05) is 110 Å². The Morgan fingerprint density at radius 2 is 1.70 bits per heavy atom. The molecule has 1 atom stereocenters. The molecule has 1 aromatic heterocycles. The fraction of sp³-hybridized carbons (Fsp3) is 0.422. The summed E-state index contributed by atoms with van der Waals surface area (Å²) in [5, 5.41) is 3.66. The van der Waals surface area contributed by atoms with Gasteiger partial charge in [-0.25, -0.2) is 9.97 Å². The van der Waals surface area contributed by atoms with Gasteiger partial charge in [-0.1, -0.05) is 41.9 Å². The maximum atomic E-state index is 13.3. The molecule has 0 bridgehead atoms. The molecule has 4 aliphatic rings. The lowest BCUT2D eigenvalue weighted by Crippen LogP contribution is -2.54. The van der Waals surface area contributed by atoms with Crippen LogP contribution in [0.25, 0.3) is 0 Å². The Hall–Kier alpha value is -4.75. The number of nitrogens with zero attached hydrogens (tertiary/aromatic N) is 6. The van der Waals surface area contributed by atoms with Crippen molar-refractivity contribution >= 4 is 65.1 Å². The van der Waals surface area contributed by atoms with E-state index in [1.165, 1.54) is 11.8 Å². The molecule has 4 aromatic rings. The predicted molar refractivity (Wildman–Crippen MR) is 238 cm³/mol. The highest BCUT2D eigenvalue weighted by atomic mass is 35.5. The van der Waals surface area contributed by atoms with Crippen LogP contribution in [0.1, 0.15) is 64.2 Å². The van der Waals surface area contributed by atoms with Crippen LogP contribution >= 0.6 is 30.5 Å². The molecule has 4 aliphatic heterocycles. The topological polar surface area (TPSA) is 145 Å². The molecule has 0 aliphatic carbocycles. The average Bonchev–Trinajstić information content (AvgIpc) is 3.58. The summed E-state index contributed by atoms with van der Waals surface area (Å²) in [7, 11) is -0.792. The number of anilines is 1. The van der Waals surface area contributed by atoms with Crippen LogP contribution < -0.4 is 20.3 Å². The van der Waals surface area contributed by atoms with Gasteiger partial charge in [0.05, 0.1) is 23.6 Å². The number of piperazine rings is 1. The van der Waals surface area contributed by atoms with Crippen molar-refractivity contribution in [1.29, 1.82) is 0 Å². The summed E-state index contributed by atoms with van der Waals surface area (Å²) in [6, 6.07) is 19.5. The highest BCUT2D eigenvalue weighted by Gasteiger charge is 2.39. The quantitative estimate of drug-likeness (QED) is 0.113. The smallest absolute Gasteiger partial charge is 0.255 e. The van der Waals surface area contributed by atoms with E-state index in [2.05, 4.69) is 38.3 Å². The van der Waals surface area contributed by atoms with Gasteiger partial charge < -0.3 is 24.0 Å². The Morgan fingerprint density at radius 1 is 0.934 bits per heavy atom. The molecule has 1 unspecified atom stereocenters. The second kappa shape index (κ2) is 18.3. The van der Waals surface area contributed by atoms with E-state index in [0.29, 0.717) is 72.8 Å². The molecule has 320 valence electrons. The van der Waals surface area contributed by atoms with Crippen LogP contribution in [-0.4, -0.2) is 126 Å². The predicted octanol–water partition coefficient (Wildman–Crippen LogP) is 5.23. The van der Waals surface area contributed by atoms with E-state index in [-0.39, 0.29) is 24.1 Å². The lowest BCUT2D eigenvalue weighted by atomic mass is 10.0. The minimum Gasteiger partial charge on any atom is -0.496 e. The first-order chi connectivity index (χ1) is 29.3. The van der Waals surface area contributed by atoms with Gasteiger partial charge in [-0.05, 0) is 68.0 Å². The largest absolute Gasteiger partial charge is 0.496 e. The van der Waals surface area contributed by atoms with Gasteiger partial charge in [-0.3, -0.25) is 29.4 Å². The van der Waals surface area contributed by atoms with E-state index in [1.807, 2.05) is 41.3 Å². The van der Waals surface area contributed by atoms with E-state index < -0.39 is 19.1 Å². The van der Waals surface area contributed by atoms with Crippen LogP contribution in [0.2, 0.25) is 5.02 Å². The molecule has 0 spiro atoms. The molecule has 0 saturated carbocycles. The molecule has 8 rings (SSSR count). The Bertz CT molecular complexity index is 2400. The van der Waals surface area contributed by atoms with Crippen molar-refractivity contribution in [2.45, 2.75) is 62.0 Å². The number of rotatable bonds is 12. The molecule has 5 heterocycles. The zero-order chi connectivity index (χ0) is 42.8. The number of imide groups is 1.